The fourth-order valence-corrected chi connectivity index (χ4v) is 6.05. The number of aromatic nitrogens is 1. The fraction of sp³-hybridized carbons (Fsp3) is 0.182. The van der Waals surface area contributed by atoms with Gasteiger partial charge in [0.25, 0.3) is 5.91 Å². The van der Waals surface area contributed by atoms with E-state index >= 15 is 0 Å². The molecule has 30 heavy (non-hydrogen) atoms. The van der Waals surface area contributed by atoms with E-state index in [2.05, 4.69) is 16.8 Å². The lowest BCUT2D eigenvalue weighted by atomic mass is 9.90. The second-order valence-corrected chi connectivity index (χ2v) is 9.97. The molecule has 1 aromatic carbocycles. The zero-order valence-electron chi connectivity index (χ0n) is 15.8. The Hall–Kier alpha value is -2.12. The number of anilines is 2. The number of carbonyl (C=O) groups is 1. The second-order valence-electron chi connectivity index (χ2n) is 7.20. The first-order valence-electron chi connectivity index (χ1n) is 9.57. The predicted octanol–water partition coefficient (Wildman–Crippen LogP) is 7.04. The highest BCUT2D eigenvalue weighted by molar-refractivity contribution is 7.21. The molecule has 1 aliphatic rings. The van der Waals surface area contributed by atoms with Gasteiger partial charge in [-0.1, -0.05) is 29.3 Å². The second kappa shape index (κ2) is 7.85. The van der Waals surface area contributed by atoms with Crippen molar-refractivity contribution >= 4 is 73.4 Å². The van der Waals surface area contributed by atoms with E-state index in [-0.39, 0.29) is 5.91 Å². The molecule has 1 amide bonds. The van der Waals surface area contributed by atoms with Gasteiger partial charge in [0.2, 0.25) is 0 Å². The van der Waals surface area contributed by atoms with E-state index < -0.39 is 0 Å². The minimum absolute atomic E-state index is 0.274. The summed E-state index contributed by atoms with van der Waals surface area (Å²) >= 11 is 15.1. The average molecular weight is 474 g/mol. The van der Waals surface area contributed by atoms with Crippen molar-refractivity contribution in [1.29, 1.82) is 0 Å². The summed E-state index contributed by atoms with van der Waals surface area (Å²) in [6.07, 6.45) is 4.24. The molecule has 0 atom stereocenters. The molecule has 5 rings (SSSR count). The van der Waals surface area contributed by atoms with Crippen LogP contribution in [0.15, 0.2) is 35.7 Å². The molecule has 0 unspecified atom stereocenters. The number of thiophene rings is 2. The summed E-state index contributed by atoms with van der Waals surface area (Å²) in [5.41, 5.74) is 11.2. The Balaban J connectivity index is 1.64. The zero-order chi connectivity index (χ0) is 20.8. The lowest BCUT2D eigenvalue weighted by molar-refractivity contribution is 0.103. The van der Waals surface area contributed by atoms with Crippen LogP contribution < -0.4 is 11.1 Å². The number of rotatable bonds is 3. The maximum absolute atomic E-state index is 13.0. The van der Waals surface area contributed by atoms with Crippen LogP contribution in [0.1, 0.15) is 33.8 Å². The third-order valence-corrected chi connectivity index (χ3v) is 8.03. The third kappa shape index (κ3) is 3.38. The molecule has 1 aliphatic carbocycles. The summed E-state index contributed by atoms with van der Waals surface area (Å²) in [5.74, 6) is -0.274. The minimum Gasteiger partial charge on any atom is -0.397 e. The third-order valence-electron chi connectivity index (χ3n) is 5.30. The summed E-state index contributed by atoms with van der Waals surface area (Å²) in [6.45, 7) is 0. The number of nitrogens with zero attached hydrogens (tertiary/aromatic N) is 1. The van der Waals surface area contributed by atoms with Crippen molar-refractivity contribution in [1.82, 2.24) is 4.98 Å². The fourth-order valence-electron chi connectivity index (χ4n) is 3.93. The van der Waals surface area contributed by atoms with Crippen molar-refractivity contribution in [2.24, 2.45) is 0 Å². The van der Waals surface area contributed by atoms with E-state index in [4.69, 9.17) is 33.9 Å². The van der Waals surface area contributed by atoms with Gasteiger partial charge < -0.3 is 11.1 Å². The summed E-state index contributed by atoms with van der Waals surface area (Å²) in [5, 5.41) is 6.65. The van der Waals surface area contributed by atoms with E-state index in [9.17, 15) is 4.79 Å². The van der Waals surface area contributed by atoms with E-state index in [0.717, 1.165) is 47.2 Å². The maximum atomic E-state index is 13.0. The predicted molar refractivity (Wildman–Crippen MR) is 128 cm³/mol. The van der Waals surface area contributed by atoms with Gasteiger partial charge in [0.15, 0.2) is 0 Å². The molecule has 0 fully saturated rings. The Labute approximate surface area is 191 Å². The minimum atomic E-state index is -0.274. The van der Waals surface area contributed by atoms with Gasteiger partial charge in [0.05, 0.1) is 15.7 Å². The molecular formula is C22H17Cl2N3OS2. The Bertz CT molecular complexity index is 1280. The summed E-state index contributed by atoms with van der Waals surface area (Å²) in [6, 6.07) is 9.14. The SMILES string of the molecule is Nc1c(C(=O)Nc2ccc(Cl)c(Cl)c2)sc2nc3c(c(-c4cccs4)c12)CCCC3. The molecule has 3 heterocycles. The van der Waals surface area contributed by atoms with Crippen molar-refractivity contribution in [2.45, 2.75) is 25.7 Å². The molecule has 3 N–H and O–H groups in total. The van der Waals surface area contributed by atoms with E-state index in [1.165, 1.54) is 21.8 Å². The number of nitrogen functional groups attached to an aromatic ring is 1. The van der Waals surface area contributed by atoms with E-state index in [1.54, 1.807) is 29.5 Å². The summed E-state index contributed by atoms with van der Waals surface area (Å²) in [7, 11) is 0. The van der Waals surface area contributed by atoms with Gasteiger partial charge in [-0.2, -0.15) is 0 Å². The topological polar surface area (TPSA) is 68.0 Å². The molecule has 8 heteroatoms. The molecule has 4 nitrogen and oxygen atoms in total. The molecule has 3 aromatic heterocycles. The van der Waals surface area contributed by atoms with Crippen LogP contribution in [0.25, 0.3) is 20.7 Å². The van der Waals surface area contributed by atoms with Crippen LogP contribution in [0, 0.1) is 0 Å². The van der Waals surface area contributed by atoms with Crippen molar-refractivity contribution in [2.75, 3.05) is 11.1 Å². The van der Waals surface area contributed by atoms with Crippen LogP contribution in [-0.2, 0) is 12.8 Å². The zero-order valence-corrected chi connectivity index (χ0v) is 18.9. The first-order valence-corrected chi connectivity index (χ1v) is 12.0. The molecule has 0 aliphatic heterocycles. The van der Waals surface area contributed by atoms with Gasteiger partial charge in [0, 0.05) is 27.2 Å². The van der Waals surface area contributed by atoms with Crippen molar-refractivity contribution in [3.63, 3.8) is 0 Å². The first-order chi connectivity index (χ1) is 14.5. The molecule has 0 radical (unpaired) electrons. The Kier molecular flexibility index (Phi) is 5.19. The number of aryl methyl sites for hydroxylation is 1. The summed E-state index contributed by atoms with van der Waals surface area (Å²) < 4.78 is 0. The van der Waals surface area contributed by atoms with Gasteiger partial charge in [0.1, 0.15) is 9.71 Å². The lowest BCUT2D eigenvalue weighted by Gasteiger charge is -2.19. The number of hydrogen-bond acceptors (Lipinski definition) is 5. The van der Waals surface area contributed by atoms with Gasteiger partial charge in [-0.05, 0) is 60.9 Å². The van der Waals surface area contributed by atoms with Crippen LogP contribution >= 0.6 is 45.9 Å². The molecule has 0 bridgehead atoms. The Morgan fingerprint density at radius 1 is 1.13 bits per heavy atom. The average Bonchev–Trinajstić information content (AvgIpc) is 3.38. The molecule has 0 saturated carbocycles. The molecule has 0 spiro atoms. The van der Waals surface area contributed by atoms with E-state index in [0.29, 0.717) is 26.3 Å². The number of nitrogens with one attached hydrogen (secondary N) is 1. The molecule has 0 saturated heterocycles. The van der Waals surface area contributed by atoms with Gasteiger partial charge >= 0.3 is 0 Å². The van der Waals surface area contributed by atoms with Gasteiger partial charge in [-0.15, -0.1) is 22.7 Å². The van der Waals surface area contributed by atoms with Gasteiger partial charge in [-0.25, -0.2) is 4.98 Å². The number of carbonyl (C=O) groups excluding carboxylic acids is 1. The number of fused-ring (bicyclic) bond motifs is 2. The number of benzene rings is 1. The number of nitrogens with two attached hydrogens (primary N) is 1. The molecular weight excluding hydrogens is 457 g/mol. The lowest BCUT2D eigenvalue weighted by Crippen LogP contribution is -2.12. The maximum Gasteiger partial charge on any atom is 0.267 e. The first kappa shape index (κ1) is 19.8. The number of hydrogen-bond donors (Lipinski definition) is 2. The van der Waals surface area contributed by atoms with Crippen LogP contribution in [0.5, 0.6) is 0 Å². The monoisotopic (exact) mass is 473 g/mol. The Morgan fingerprint density at radius 3 is 2.73 bits per heavy atom. The normalized spacial score (nSPS) is 13.4. The van der Waals surface area contributed by atoms with Crippen LogP contribution in [0.2, 0.25) is 10.0 Å². The quantitative estimate of drug-likeness (QED) is 0.335. The highest BCUT2D eigenvalue weighted by Gasteiger charge is 2.26. The molecule has 4 aromatic rings. The van der Waals surface area contributed by atoms with Crippen LogP contribution in [0.4, 0.5) is 11.4 Å². The van der Waals surface area contributed by atoms with Crippen molar-refractivity contribution < 1.29 is 4.79 Å². The van der Waals surface area contributed by atoms with E-state index in [1.807, 2.05) is 6.07 Å². The Morgan fingerprint density at radius 2 is 1.97 bits per heavy atom. The van der Waals surface area contributed by atoms with Crippen LogP contribution in [-0.4, -0.2) is 10.9 Å². The van der Waals surface area contributed by atoms with Crippen molar-refractivity contribution in [3.05, 3.63) is 61.9 Å². The van der Waals surface area contributed by atoms with Crippen molar-refractivity contribution in [3.8, 4) is 10.4 Å². The highest BCUT2D eigenvalue weighted by atomic mass is 35.5. The highest BCUT2D eigenvalue weighted by Crippen LogP contribution is 2.45. The number of pyridine rings is 1. The number of amides is 1. The van der Waals surface area contributed by atoms with Crippen LogP contribution in [0.3, 0.4) is 0 Å². The standard InChI is InChI=1S/C22H17Cl2N3OS2/c23-13-8-7-11(10-14(13)24)26-21(28)20-19(25)18-17(16-6-3-9-29-16)12-4-1-2-5-15(12)27-22(18)30-20/h3,6-10H,1-2,4-5,25H2,(H,26,28). The largest absolute Gasteiger partial charge is 0.397 e. The molecule has 152 valence electrons. The number of halogens is 2. The summed E-state index contributed by atoms with van der Waals surface area (Å²) in [4.78, 5) is 20.4. The smallest absolute Gasteiger partial charge is 0.267 e. The van der Waals surface area contributed by atoms with Gasteiger partial charge in [-0.3, -0.25) is 4.79 Å².